The predicted molar refractivity (Wildman–Crippen MR) is 197 cm³/mol. The molecule has 1 aromatic carbocycles. The molecule has 0 heterocycles. The van der Waals surface area contributed by atoms with E-state index in [2.05, 4.69) is 26.0 Å². The molecule has 0 bridgehead atoms. The summed E-state index contributed by atoms with van der Waals surface area (Å²) in [4.78, 5) is 24.6. The van der Waals surface area contributed by atoms with Crippen molar-refractivity contribution in [2.45, 2.75) is 160 Å². The Morgan fingerprint density at radius 1 is 1.02 bits per heavy atom. The maximum absolute atomic E-state index is 12.7. The van der Waals surface area contributed by atoms with Crippen LogP contribution in [0.25, 0.3) is 0 Å². The van der Waals surface area contributed by atoms with Crippen molar-refractivity contribution in [3.8, 4) is 5.75 Å². The number of allylic oxidation sites excluding steroid dienone is 2. The van der Waals surface area contributed by atoms with Gasteiger partial charge in [0.25, 0.3) is 0 Å². The van der Waals surface area contributed by atoms with Crippen LogP contribution >= 0.6 is 11.6 Å². The number of aliphatic hydroxyl groups is 2. The smallest absolute Gasteiger partial charge is 0.336 e. The Hall–Kier alpha value is -2.35. The lowest BCUT2D eigenvalue weighted by molar-refractivity contribution is -0.148. The summed E-state index contributed by atoms with van der Waals surface area (Å²) < 4.78 is 11.6. The van der Waals surface area contributed by atoms with E-state index in [0.717, 1.165) is 38.5 Å². The zero-order valence-corrected chi connectivity index (χ0v) is 31.0. The van der Waals surface area contributed by atoms with Crippen molar-refractivity contribution in [2.75, 3.05) is 6.61 Å². The molecule has 0 spiro atoms. The molecule has 0 amide bonds. The number of halogens is 1. The van der Waals surface area contributed by atoms with Crippen LogP contribution in [0.2, 0.25) is 0 Å². The molecular weight excluding hydrogens is 640 g/mol. The minimum Gasteiger partial charge on any atom is -0.494 e. The van der Waals surface area contributed by atoms with E-state index in [0.29, 0.717) is 43.6 Å². The van der Waals surface area contributed by atoms with Gasteiger partial charge in [-0.25, -0.2) is 4.79 Å². The number of carboxylic acids is 1. The summed E-state index contributed by atoms with van der Waals surface area (Å²) in [5.74, 6) is -0.792. The number of esters is 1. The number of benzene rings is 1. The van der Waals surface area contributed by atoms with Crippen molar-refractivity contribution >= 4 is 23.5 Å². The second-order valence-corrected chi connectivity index (χ2v) is 15.0. The first-order valence-corrected chi connectivity index (χ1v) is 19.6. The summed E-state index contributed by atoms with van der Waals surface area (Å²) in [6, 6.07) is 4.86. The molecule has 0 aliphatic heterocycles. The van der Waals surface area contributed by atoms with Crippen LogP contribution in [-0.2, 0) is 9.53 Å². The molecule has 2 aliphatic carbocycles. The lowest BCUT2D eigenvalue weighted by atomic mass is 9.63. The minimum absolute atomic E-state index is 0.0421. The van der Waals surface area contributed by atoms with E-state index in [9.17, 15) is 24.9 Å². The second kappa shape index (κ2) is 21.8. The average Bonchev–Trinajstić information content (AvgIpc) is 3.32. The first kappa shape index (κ1) is 41.1. The van der Waals surface area contributed by atoms with E-state index in [1.165, 1.54) is 51.0 Å². The molecule has 0 radical (unpaired) electrons. The maximum Gasteiger partial charge on any atom is 0.336 e. The molecule has 49 heavy (non-hydrogen) atoms. The SMILES string of the molecule is CCCCCCCCCCOc1ccc(C(=O)O)c(C(C)OC(=O)CCC/C=C\C[C@@H]2[C@@H](/C=C/C[C@H](O)C3(CC)CCC3)[C@H](O)C[C@H]2Cl)c1. The highest BCUT2D eigenvalue weighted by Gasteiger charge is 2.42. The third-order valence-electron chi connectivity index (χ3n) is 10.9. The molecule has 2 saturated carbocycles. The maximum atomic E-state index is 12.7. The van der Waals surface area contributed by atoms with E-state index in [1.54, 1.807) is 19.1 Å². The summed E-state index contributed by atoms with van der Waals surface area (Å²) in [5.41, 5.74) is 0.591. The third-order valence-corrected chi connectivity index (χ3v) is 11.4. The molecule has 3 rings (SSSR count). The molecule has 0 saturated heterocycles. The van der Waals surface area contributed by atoms with E-state index in [-0.39, 0.29) is 46.7 Å². The number of carboxylic acid groups (broad SMARTS) is 1. The van der Waals surface area contributed by atoms with Crippen LogP contribution in [0.1, 0.15) is 158 Å². The van der Waals surface area contributed by atoms with Gasteiger partial charge in [0.05, 0.1) is 24.4 Å². The summed E-state index contributed by atoms with van der Waals surface area (Å²) in [5, 5.41) is 31.0. The fraction of sp³-hybridized carbons (Fsp3) is 0.707. The molecule has 0 aromatic heterocycles. The number of rotatable bonds is 24. The van der Waals surface area contributed by atoms with E-state index in [1.807, 2.05) is 12.2 Å². The van der Waals surface area contributed by atoms with Gasteiger partial charge < -0.3 is 24.8 Å². The summed E-state index contributed by atoms with van der Waals surface area (Å²) in [6.07, 6.45) is 24.1. The predicted octanol–water partition coefficient (Wildman–Crippen LogP) is 10.1. The van der Waals surface area contributed by atoms with Gasteiger partial charge in [-0.1, -0.05) is 89.5 Å². The van der Waals surface area contributed by atoms with Gasteiger partial charge in [-0.3, -0.25) is 4.79 Å². The summed E-state index contributed by atoms with van der Waals surface area (Å²) in [6.45, 7) is 6.64. The van der Waals surface area contributed by atoms with Crippen LogP contribution in [0.3, 0.4) is 0 Å². The number of ether oxygens (including phenoxy) is 2. The van der Waals surface area contributed by atoms with Crippen molar-refractivity contribution < 1.29 is 34.4 Å². The van der Waals surface area contributed by atoms with Gasteiger partial charge in [-0.15, -0.1) is 11.6 Å². The van der Waals surface area contributed by atoms with Gasteiger partial charge in [0.1, 0.15) is 11.9 Å². The zero-order valence-electron chi connectivity index (χ0n) is 30.3. The lowest BCUT2D eigenvalue weighted by Gasteiger charge is -2.45. The molecule has 6 atom stereocenters. The second-order valence-electron chi connectivity index (χ2n) is 14.4. The highest BCUT2D eigenvalue weighted by molar-refractivity contribution is 6.21. The molecule has 8 heteroatoms. The minimum atomic E-state index is -1.07. The lowest BCUT2D eigenvalue weighted by Crippen LogP contribution is -2.40. The summed E-state index contributed by atoms with van der Waals surface area (Å²) in [7, 11) is 0. The first-order valence-electron chi connectivity index (χ1n) is 19.1. The molecule has 3 N–H and O–H groups in total. The largest absolute Gasteiger partial charge is 0.494 e. The monoisotopic (exact) mass is 702 g/mol. The zero-order chi connectivity index (χ0) is 35.6. The van der Waals surface area contributed by atoms with Gasteiger partial charge in [-0.05, 0) is 94.2 Å². The molecule has 2 aliphatic rings. The number of hydrogen-bond donors (Lipinski definition) is 3. The number of alkyl halides is 1. The van der Waals surface area contributed by atoms with Crippen LogP contribution in [0.4, 0.5) is 0 Å². The van der Waals surface area contributed by atoms with Crippen LogP contribution in [0.15, 0.2) is 42.5 Å². The summed E-state index contributed by atoms with van der Waals surface area (Å²) >= 11 is 6.63. The van der Waals surface area contributed by atoms with Crippen molar-refractivity contribution in [2.24, 2.45) is 17.3 Å². The highest BCUT2D eigenvalue weighted by Crippen LogP contribution is 2.48. The van der Waals surface area contributed by atoms with Crippen LogP contribution in [-0.4, -0.2) is 51.5 Å². The number of carbonyl (C=O) groups is 2. The Bertz CT molecular complexity index is 1190. The molecule has 7 nitrogen and oxygen atoms in total. The Morgan fingerprint density at radius 2 is 1.73 bits per heavy atom. The first-order chi connectivity index (χ1) is 23.6. The standard InChI is InChI=1S/C41H63ClO7/c1-4-6-7-8-9-10-13-16-27-48-31-23-24-34(40(46)47)35(28-31)30(3)49-39(45)22-15-12-11-14-19-32-33(37(43)29-36(32)42)20-17-21-38(44)41(5-2)25-18-26-41/h11,14,17,20,23-24,28,30,32-33,36-38,43-44H,4-10,12-13,15-16,18-19,21-22,25-27,29H2,1-3H3,(H,46,47)/b14-11-,20-17+/t30?,32-,33-,36-,37-,38+/m1/s1. The molecule has 1 unspecified atom stereocenters. The quantitative estimate of drug-likeness (QED) is 0.0425. The van der Waals surface area contributed by atoms with Crippen LogP contribution in [0.5, 0.6) is 5.75 Å². The highest BCUT2D eigenvalue weighted by atomic mass is 35.5. The van der Waals surface area contributed by atoms with Gasteiger partial charge in [0.15, 0.2) is 0 Å². The number of hydrogen-bond acceptors (Lipinski definition) is 6. The van der Waals surface area contributed by atoms with Gasteiger partial charge in [0, 0.05) is 23.3 Å². The van der Waals surface area contributed by atoms with Crippen molar-refractivity contribution in [1.29, 1.82) is 0 Å². The number of unbranched alkanes of at least 4 members (excludes halogenated alkanes) is 8. The van der Waals surface area contributed by atoms with Crippen molar-refractivity contribution in [1.82, 2.24) is 0 Å². The fourth-order valence-corrected chi connectivity index (χ4v) is 7.93. The molecule has 2 fully saturated rings. The molecule has 276 valence electrons. The average molecular weight is 703 g/mol. The molecule has 1 aromatic rings. The van der Waals surface area contributed by atoms with Gasteiger partial charge >= 0.3 is 11.9 Å². The molecular formula is C41H63ClO7. The van der Waals surface area contributed by atoms with Crippen molar-refractivity contribution in [3.63, 3.8) is 0 Å². The normalized spacial score (nSPS) is 23.1. The van der Waals surface area contributed by atoms with E-state index >= 15 is 0 Å². The van der Waals surface area contributed by atoms with Gasteiger partial charge in [-0.2, -0.15) is 0 Å². The Labute approximate surface area is 300 Å². The van der Waals surface area contributed by atoms with E-state index < -0.39 is 18.2 Å². The fourth-order valence-electron chi connectivity index (χ4n) is 7.48. The number of aliphatic hydroxyl groups excluding tert-OH is 2. The van der Waals surface area contributed by atoms with Crippen LogP contribution in [0, 0.1) is 17.3 Å². The Balaban J connectivity index is 1.39. The Morgan fingerprint density at radius 3 is 2.39 bits per heavy atom. The number of carbonyl (C=O) groups excluding carboxylic acids is 1. The van der Waals surface area contributed by atoms with Crippen molar-refractivity contribution in [3.05, 3.63) is 53.6 Å². The van der Waals surface area contributed by atoms with Gasteiger partial charge in [0.2, 0.25) is 0 Å². The Kier molecular flexibility index (Phi) is 18.3. The topological polar surface area (TPSA) is 113 Å². The number of aromatic carboxylic acids is 1. The third kappa shape index (κ3) is 13.0. The van der Waals surface area contributed by atoms with E-state index in [4.69, 9.17) is 21.1 Å². The van der Waals surface area contributed by atoms with Crippen LogP contribution < -0.4 is 4.74 Å².